The highest BCUT2D eigenvalue weighted by Gasteiger charge is 2.20. The topological polar surface area (TPSA) is 90.5 Å². The van der Waals surface area contributed by atoms with E-state index in [1.54, 1.807) is 6.07 Å². The Morgan fingerprint density at radius 3 is 2.59 bits per heavy atom. The smallest absolute Gasteiger partial charge is 0.387 e. The van der Waals surface area contributed by atoms with Gasteiger partial charge in [0.1, 0.15) is 11.3 Å². The van der Waals surface area contributed by atoms with Crippen LogP contribution in [-0.2, 0) is 6.61 Å². The number of carbonyl (C=O) groups is 1. The number of aromatic carboxylic acids is 1. The maximum atomic E-state index is 12.1. The van der Waals surface area contributed by atoms with E-state index in [1.807, 2.05) is 0 Å². The molecule has 0 aliphatic heterocycles. The van der Waals surface area contributed by atoms with Crippen molar-refractivity contribution in [3.8, 4) is 11.8 Å². The van der Waals surface area contributed by atoms with Gasteiger partial charge in [0.25, 0.3) is 0 Å². The summed E-state index contributed by atoms with van der Waals surface area (Å²) in [5.74, 6) is -2.16. The number of alkyl halides is 2. The lowest BCUT2D eigenvalue weighted by atomic mass is 10.0. The van der Waals surface area contributed by atoms with Crippen molar-refractivity contribution in [2.45, 2.75) is 13.2 Å². The second kappa shape index (κ2) is 5.23. The Hall–Kier alpha value is -2.20. The van der Waals surface area contributed by atoms with E-state index in [2.05, 4.69) is 4.74 Å². The average molecular weight is 243 g/mol. The molecule has 0 aliphatic carbocycles. The molecule has 0 radical (unpaired) electrons. The number of aliphatic hydroxyl groups excluding tert-OH is 1. The van der Waals surface area contributed by atoms with Crippen molar-refractivity contribution in [3.63, 3.8) is 0 Å². The Morgan fingerprint density at radius 1 is 1.53 bits per heavy atom. The highest BCUT2D eigenvalue weighted by Crippen LogP contribution is 2.26. The molecule has 5 nitrogen and oxygen atoms in total. The number of halogens is 2. The van der Waals surface area contributed by atoms with Crippen LogP contribution in [0.1, 0.15) is 21.5 Å². The normalized spacial score (nSPS) is 10.1. The third kappa shape index (κ3) is 2.89. The summed E-state index contributed by atoms with van der Waals surface area (Å²) in [7, 11) is 0. The van der Waals surface area contributed by atoms with Gasteiger partial charge in [-0.05, 0) is 17.7 Å². The molecule has 1 aromatic rings. The van der Waals surface area contributed by atoms with Crippen molar-refractivity contribution < 1.29 is 28.5 Å². The molecular weight excluding hydrogens is 236 g/mol. The van der Waals surface area contributed by atoms with Crippen molar-refractivity contribution in [2.24, 2.45) is 0 Å². The lowest BCUT2D eigenvalue weighted by Crippen LogP contribution is -2.11. The van der Waals surface area contributed by atoms with Gasteiger partial charge in [-0.3, -0.25) is 0 Å². The number of nitrogens with zero attached hydrogens (tertiary/aromatic N) is 1. The first-order chi connectivity index (χ1) is 7.99. The fourth-order valence-corrected chi connectivity index (χ4v) is 1.29. The quantitative estimate of drug-likeness (QED) is 0.832. The van der Waals surface area contributed by atoms with Crippen molar-refractivity contribution in [1.29, 1.82) is 5.26 Å². The van der Waals surface area contributed by atoms with Gasteiger partial charge >= 0.3 is 12.6 Å². The molecule has 0 saturated carbocycles. The van der Waals surface area contributed by atoms with Crippen LogP contribution in [0.3, 0.4) is 0 Å². The van der Waals surface area contributed by atoms with E-state index < -0.39 is 30.5 Å². The van der Waals surface area contributed by atoms with Gasteiger partial charge in [-0.1, -0.05) is 0 Å². The van der Waals surface area contributed by atoms with E-state index in [4.69, 9.17) is 15.5 Å². The van der Waals surface area contributed by atoms with Gasteiger partial charge in [-0.2, -0.15) is 14.0 Å². The highest BCUT2D eigenvalue weighted by molar-refractivity contribution is 5.93. The van der Waals surface area contributed by atoms with Crippen LogP contribution in [0, 0.1) is 11.3 Å². The lowest BCUT2D eigenvalue weighted by Gasteiger charge is -2.11. The van der Waals surface area contributed by atoms with E-state index >= 15 is 0 Å². The van der Waals surface area contributed by atoms with Crippen LogP contribution in [-0.4, -0.2) is 22.8 Å². The summed E-state index contributed by atoms with van der Waals surface area (Å²) in [5.41, 5.74) is -0.811. The van der Waals surface area contributed by atoms with Crippen LogP contribution < -0.4 is 4.74 Å². The predicted molar refractivity (Wildman–Crippen MR) is 50.7 cm³/mol. The molecule has 0 aliphatic rings. The van der Waals surface area contributed by atoms with Gasteiger partial charge in [0.05, 0.1) is 18.2 Å². The van der Waals surface area contributed by atoms with Crippen molar-refractivity contribution in [1.82, 2.24) is 0 Å². The number of carboxylic acids is 1. The van der Waals surface area contributed by atoms with Crippen LogP contribution in [0.4, 0.5) is 8.78 Å². The van der Waals surface area contributed by atoms with Gasteiger partial charge in [0.2, 0.25) is 0 Å². The van der Waals surface area contributed by atoms with E-state index in [1.165, 1.54) is 0 Å². The summed E-state index contributed by atoms with van der Waals surface area (Å²) < 4.78 is 28.2. The molecule has 1 rings (SSSR count). The molecule has 7 heteroatoms. The molecule has 0 amide bonds. The van der Waals surface area contributed by atoms with Crippen molar-refractivity contribution in [2.75, 3.05) is 0 Å². The minimum absolute atomic E-state index is 0.0744. The number of ether oxygens (including phenoxy) is 1. The molecule has 90 valence electrons. The number of nitriles is 1. The SMILES string of the molecule is N#Cc1cc(CO)c(C(=O)O)c(OC(F)F)c1. The minimum Gasteiger partial charge on any atom is -0.478 e. The zero-order valence-electron chi connectivity index (χ0n) is 8.35. The Balaban J connectivity index is 3.41. The zero-order valence-corrected chi connectivity index (χ0v) is 8.35. The fourth-order valence-electron chi connectivity index (χ4n) is 1.29. The summed E-state index contributed by atoms with van der Waals surface area (Å²) in [4.78, 5) is 10.9. The van der Waals surface area contributed by atoms with E-state index in [9.17, 15) is 13.6 Å². The number of hydrogen-bond donors (Lipinski definition) is 2. The first-order valence-corrected chi connectivity index (χ1v) is 4.35. The van der Waals surface area contributed by atoms with Crippen LogP contribution in [0.5, 0.6) is 5.75 Å². The van der Waals surface area contributed by atoms with Gasteiger partial charge < -0.3 is 14.9 Å². The summed E-state index contributed by atoms with van der Waals surface area (Å²) in [6.45, 7) is -3.91. The molecule has 0 aromatic heterocycles. The molecule has 0 saturated heterocycles. The van der Waals surface area contributed by atoms with Gasteiger partial charge in [0.15, 0.2) is 0 Å². The largest absolute Gasteiger partial charge is 0.478 e. The summed E-state index contributed by atoms with van der Waals surface area (Å²) in [5, 5.41) is 26.4. The summed E-state index contributed by atoms with van der Waals surface area (Å²) in [6, 6.07) is 3.64. The molecule has 0 bridgehead atoms. The molecule has 0 fully saturated rings. The molecule has 0 heterocycles. The second-order valence-corrected chi connectivity index (χ2v) is 2.96. The lowest BCUT2D eigenvalue weighted by molar-refractivity contribution is -0.0504. The van der Waals surface area contributed by atoms with Gasteiger partial charge in [-0.15, -0.1) is 0 Å². The number of hydrogen-bond acceptors (Lipinski definition) is 4. The highest BCUT2D eigenvalue weighted by atomic mass is 19.3. The third-order valence-corrected chi connectivity index (χ3v) is 1.91. The van der Waals surface area contributed by atoms with E-state index in [0.29, 0.717) is 0 Å². The first-order valence-electron chi connectivity index (χ1n) is 4.35. The molecule has 17 heavy (non-hydrogen) atoms. The Kier molecular flexibility index (Phi) is 3.96. The predicted octanol–water partition coefficient (Wildman–Crippen LogP) is 1.35. The van der Waals surface area contributed by atoms with Crippen LogP contribution in [0.25, 0.3) is 0 Å². The zero-order chi connectivity index (χ0) is 13.0. The maximum Gasteiger partial charge on any atom is 0.387 e. The molecule has 0 atom stereocenters. The maximum absolute atomic E-state index is 12.1. The van der Waals surface area contributed by atoms with Crippen molar-refractivity contribution in [3.05, 3.63) is 28.8 Å². The standard InChI is InChI=1S/C10H7F2NO4/c11-10(12)17-7-2-5(3-13)1-6(4-14)8(7)9(15)16/h1-2,10,14H,4H2,(H,15,16). The Bertz CT molecular complexity index is 482. The average Bonchev–Trinajstić information content (AvgIpc) is 2.26. The van der Waals surface area contributed by atoms with E-state index in [0.717, 1.165) is 12.1 Å². The van der Waals surface area contributed by atoms with Crippen molar-refractivity contribution >= 4 is 5.97 Å². The van der Waals surface area contributed by atoms with Gasteiger partial charge in [0, 0.05) is 0 Å². The second-order valence-electron chi connectivity index (χ2n) is 2.96. The Labute approximate surface area is 94.5 Å². The number of carboxylic acid groups (broad SMARTS) is 1. The van der Waals surface area contributed by atoms with Crippen LogP contribution >= 0.6 is 0 Å². The summed E-state index contributed by atoms with van der Waals surface area (Å²) in [6.07, 6.45) is 0. The van der Waals surface area contributed by atoms with Gasteiger partial charge in [-0.25, -0.2) is 4.79 Å². The Morgan fingerprint density at radius 2 is 2.18 bits per heavy atom. The molecule has 0 unspecified atom stereocenters. The van der Waals surface area contributed by atoms with Crippen LogP contribution in [0.15, 0.2) is 12.1 Å². The molecule has 1 aromatic carbocycles. The number of aliphatic hydroxyl groups is 1. The summed E-state index contributed by atoms with van der Waals surface area (Å²) >= 11 is 0. The first kappa shape index (κ1) is 12.9. The molecular formula is C10H7F2NO4. The third-order valence-electron chi connectivity index (χ3n) is 1.91. The van der Waals surface area contributed by atoms with E-state index in [-0.39, 0.29) is 11.1 Å². The number of rotatable bonds is 4. The monoisotopic (exact) mass is 243 g/mol. The minimum atomic E-state index is -3.21. The van der Waals surface area contributed by atoms with Crippen LogP contribution in [0.2, 0.25) is 0 Å². The molecule has 2 N–H and O–H groups in total. The fraction of sp³-hybridized carbons (Fsp3) is 0.200. The number of benzene rings is 1. The molecule has 0 spiro atoms.